The third-order valence-corrected chi connectivity index (χ3v) is 18.4. The summed E-state index contributed by atoms with van der Waals surface area (Å²) in [6.45, 7) is 4.20. The van der Waals surface area contributed by atoms with E-state index in [1.165, 1.54) is 385 Å². The molecule has 86 heavy (non-hydrogen) atoms. The summed E-state index contributed by atoms with van der Waals surface area (Å²) >= 11 is 0. The maximum Gasteiger partial charge on any atom is 0.306 e. The Balaban J connectivity index is 3.35. The zero-order valence-electron chi connectivity index (χ0n) is 58.6. The largest absolute Gasteiger partial charge is 0.462 e. The molecule has 0 spiro atoms. The van der Waals surface area contributed by atoms with Gasteiger partial charge in [-0.1, -0.05) is 403 Å². The zero-order chi connectivity index (χ0) is 61.9. The average Bonchev–Trinajstić information content (AvgIpc) is 3.54. The van der Waals surface area contributed by atoms with Crippen LogP contribution in [0.4, 0.5) is 0 Å². The predicted octanol–water partition coefficient (Wildman–Crippen LogP) is 27.7. The van der Waals surface area contributed by atoms with Crippen LogP contribution in [0.2, 0.25) is 0 Å². The molecule has 508 valence electrons. The highest BCUT2D eigenvalue weighted by atomic mass is 16.6. The second-order valence-electron chi connectivity index (χ2n) is 27.1. The number of esters is 2. The van der Waals surface area contributed by atoms with Crippen LogP contribution in [0.25, 0.3) is 0 Å². The van der Waals surface area contributed by atoms with Crippen molar-refractivity contribution in [2.45, 2.75) is 457 Å². The Morgan fingerprint density at radius 2 is 0.465 bits per heavy atom. The van der Waals surface area contributed by atoms with Crippen molar-refractivity contribution in [3.8, 4) is 0 Å². The Morgan fingerprint density at radius 1 is 0.267 bits per heavy atom. The van der Waals surface area contributed by atoms with Crippen molar-refractivity contribution in [3.63, 3.8) is 0 Å². The molecule has 0 aliphatic heterocycles. The second kappa shape index (κ2) is 77.4. The highest BCUT2D eigenvalue weighted by Gasteiger charge is 2.16. The summed E-state index contributed by atoms with van der Waals surface area (Å²) in [5, 5.41) is 9.72. The van der Waals surface area contributed by atoms with Crippen LogP contribution in [0.15, 0.2) is 36.5 Å². The molecule has 0 aliphatic carbocycles. The quantitative estimate of drug-likeness (QED) is 0.0373. The van der Waals surface area contributed by atoms with Crippen molar-refractivity contribution in [3.05, 3.63) is 36.5 Å². The van der Waals surface area contributed by atoms with Gasteiger partial charge in [0.2, 0.25) is 0 Å². The van der Waals surface area contributed by atoms with E-state index in [0.717, 1.165) is 38.5 Å². The molecule has 0 aromatic carbocycles. The van der Waals surface area contributed by atoms with Gasteiger partial charge in [-0.15, -0.1) is 0 Å². The number of ether oxygens (including phenoxy) is 2. The SMILES string of the molecule is CCCCCCC/C=C\C/C=C\CCCCCCCCCCCCCCCCCCCCCCCCCCCCCCCC(=O)OC(CO)COC(=O)CCCCCCCCCCCCCCCCCCCCC/C=C\CCCCCCCCCC. The zero-order valence-corrected chi connectivity index (χ0v) is 58.6. The van der Waals surface area contributed by atoms with Crippen LogP contribution in [-0.2, 0) is 19.1 Å². The molecule has 0 amide bonds. The minimum Gasteiger partial charge on any atom is -0.462 e. The molecule has 5 nitrogen and oxygen atoms in total. The first-order chi connectivity index (χ1) is 42.6. The molecule has 0 radical (unpaired) electrons. The smallest absolute Gasteiger partial charge is 0.306 e. The number of aliphatic hydroxyl groups is 1. The first-order valence-electron chi connectivity index (χ1n) is 39.5. The van der Waals surface area contributed by atoms with Gasteiger partial charge in [0.25, 0.3) is 0 Å². The van der Waals surface area contributed by atoms with Crippen LogP contribution < -0.4 is 0 Å². The van der Waals surface area contributed by atoms with E-state index in [9.17, 15) is 14.7 Å². The van der Waals surface area contributed by atoms with Gasteiger partial charge in [0, 0.05) is 12.8 Å². The van der Waals surface area contributed by atoms with E-state index in [2.05, 4.69) is 50.3 Å². The van der Waals surface area contributed by atoms with E-state index >= 15 is 0 Å². The van der Waals surface area contributed by atoms with Crippen molar-refractivity contribution in [2.24, 2.45) is 0 Å². The fourth-order valence-electron chi connectivity index (χ4n) is 12.5. The number of allylic oxidation sites excluding steroid dienone is 6. The van der Waals surface area contributed by atoms with Crippen molar-refractivity contribution in [1.82, 2.24) is 0 Å². The van der Waals surface area contributed by atoms with E-state index < -0.39 is 6.10 Å². The van der Waals surface area contributed by atoms with Gasteiger partial charge < -0.3 is 14.6 Å². The molecule has 0 heterocycles. The van der Waals surface area contributed by atoms with E-state index in [0.29, 0.717) is 12.8 Å². The molecular weight excluding hydrogens is 1050 g/mol. The number of hydrogen-bond acceptors (Lipinski definition) is 5. The topological polar surface area (TPSA) is 72.8 Å². The summed E-state index contributed by atoms with van der Waals surface area (Å²) in [5.74, 6) is -0.561. The van der Waals surface area contributed by atoms with Gasteiger partial charge >= 0.3 is 11.9 Å². The second-order valence-corrected chi connectivity index (χ2v) is 27.1. The maximum absolute atomic E-state index is 12.4. The molecule has 0 fully saturated rings. The third-order valence-electron chi connectivity index (χ3n) is 18.4. The fourth-order valence-corrected chi connectivity index (χ4v) is 12.5. The van der Waals surface area contributed by atoms with E-state index in [1.54, 1.807) is 0 Å². The fraction of sp³-hybridized carbons (Fsp3) is 0.901. The van der Waals surface area contributed by atoms with Gasteiger partial charge in [-0.25, -0.2) is 0 Å². The Labute approximate surface area is 539 Å². The Kier molecular flexibility index (Phi) is 75.7. The Hall–Kier alpha value is -1.88. The molecule has 1 atom stereocenters. The lowest BCUT2D eigenvalue weighted by atomic mass is 10.0. The standard InChI is InChI=1S/C81H154O5/c1-3-5-7-9-11-13-15-17-19-21-23-25-27-29-31-33-35-36-37-38-39-40-41-42-43-44-46-48-50-52-54-56-58-60-62-64-66-68-70-72-74-76-81(84)86-79(77-82)78-85-80(83)75-73-71-69-67-65-63-61-59-57-55-53-51-49-47-45-34-32-30-28-26-24-22-20-18-16-14-12-10-8-6-4-2/h15,17,21-24,79,82H,3-14,16,18-20,25-78H2,1-2H3/b17-15-,23-21-,24-22-. The number of rotatable bonds is 75. The minimum absolute atomic E-state index is 0.0580. The third kappa shape index (κ3) is 74.6. The summed E-state index contributed by atoms with van der Waals surface area (Å²) in [6, 6.07) is 0. The van der Waals surface area contributed by atoms with Gasteiger partial charge in [0.1, 0.15) is 6.61 Å². The van der Waals surface area contributed by atoms with Gasteiger partial charge in [-0.3, -0.25) is 9.59 Å². The van der Waals surface area contributed by atoms with Gasteiger partial charge in [0.15, 0.2) is 6.10 Å². The molecule has 0 aromatic heterocycles. The first-order valence-corrected chi connectivity index (χ1v) is 39.5. The minimum atomic E-state index is -0.769. The molecule has 1 N–H and O–H groups in total. The summed E-state index contributed by atoms with van der Waals surface area (Å²) in [5.41, 5.74) is 0. The number of aliphatic hydroxyl groups excluding tert-OH is 1. The molecule has 0 aliphatic rings. The summed E-state index contributed by atoms with van der Waals surface area (Å²) < 4.78 is 10.8. The van der Waals surface area contributed by atoms with Crippen molar-refractivity contribution < 1.29 is 24.2 Å². The van der Waals surface area contributed by atoms with Crippen molar-refractivity contribution >= 4 is 11.9 Å². The maximum atomic E-state index is 12.4. The molecule has 0 aromatic rings. The van der Waals surface area contributed by atoms with Gasteiger partial charge in [0.05, 0.1) is 6.61 Å². The summed E-state index contributed by atoms with van der Waals surface area (Å²) in [4.78, 5) is 24.7. The van der Waals surface area contributed by atoms with Crippen LogP contribution in [0, 0.1) is 0 Å². The van der Waals surface area contributed by atoms with Crippen LogP contribution >= 0.6 is 0 Å². The van der Waals surface area contributed by atoms with E-state index in [-0.39, 0.29) is 25.2 Å². The molecule has 1 unspecified atom stereocenters. The van der Waals surface area contributed by atoms with Crippen LogP contribution in [0.3, 0.4) is 0 Å². The van der Waals surface area contributed by atoms with Crippen molar-refractivity contribution in [1.29, 1.82) is 0 Å². The van der Waals surface area contributed by atoms with E-state index in [1.807, 2.05) is 0 Å². The molecule has 0 rings (SSSR count). The van der Waals surface area contributed by atoms with Gasteiger partial charge in [-0.05, 0) is 70.6 Å². The summed E-state index contributed by atoms with van der Waals surface area (Å²) in [7, 11) is 0. The lowest BCUT2D eigenvalue weighted by Gasteiger charge is -2.15. The number of carbonyl (C=O) groups excluding carboxylic acids is 2. The summed E-state index contributed by atoms with van der Waals surface area (Å²) in [6.07, 6.45) is 104. The predicted molar refractivity (Wildman–Crippen MR) is 381 cm³/mol. The molecule has 0 bridgehead atoms. The van der Waals surface area contributed by atoms with Gasteiger partial charge in [-0.2, -0.15) is 0 Å². The first kappa shape index (κ1) is 84.1. The Morgan fingerprint density at radius 3 is 0.698 bits per heavy atom. The molecular formula is C81H154O5. The lowest BCUT2D eigenvalue weighted by molar-refractivity contribution is -0.161. The van der Waals surface area contributed by atoms with Crippen LogP contribution in [0.1, 0.15) is 450 Å². The lowest BCUT2D eigenvalue weighted by Crippen LogP contribution is -2.28. The van der Waals surface area contributed by atoms with E-state index in [4.69, 9.17) is 9.47 Å². The molecule has 0 saturated carbocycles. The van der Waals surface area contributed by atoms with Crippen molar-refractivity contribution in [2.75, 3.05) is 13.2 Å². The molecule has 0 saturated heterocycles. The number of carbonyl (C=O) groups is 2. The highest BCUT2D eigenvalue weighted by Crippen LogP contribution is 2.20. The monoisotopic (exact) mass is 1210 g/mol. The molecule has 5 heteroatoms. The van der Waals surface area contributed by atoms with Crippen LogP contribution in [-0.4, -0.2) is 36.4 Å². The average molecular weight is 1210 g/mol. The normalized spacial score (nSPS) is 12.3. The number of unbranched alkanes of at least 4 members (excludes halogenated alkanes) is 61. The Bertz CT molecular complexity index is 1370. The van der Waals surface area contributed by atoms with Crippen LogP contribution in [0.5, 0.6) is 0 Å². The number of hydrogen-bond donors (Lipinski definition) is 1. The highest BCUT2D eigenvalue weighted by molar-refractivity contribution is 5.70.